The van der Waals surface area contributed by atoms with E-state index < -0.39 is 0 Å². The lowest BCUT2D eigenvalue weighted by molar-refractivity contribution is 0.0376. The van der Waals surface area contributed by atoms with Gasteiger partial charge in [0.25, 0.3) is 0 Å². The van der Waals surface area contributed by atoms with Crippen LogP contribution >= 0.6 is 0 Å². The predicted octanol–water partition coefficient (Wildman–Crippen LogP) is 4.29. The zero-order chi connectivity index (χ0) is 13.5. The quantitative estimate of drug-likeness (QED) is 0.692. The smallest absolute Gasteiger partial charge is 0.181 e. The molecule has 2 heteroatoms. The Bertz CT molecular complexity index is 407. The van der Waals surface area contributed by atoms with Gasteiger partial charge in [-0.25, -0.2) is 0 Å². The van der Waals surface area contributed by atoms with Gasteiger partial charge in [-0.1, -0.05) is 25.0 Å². The van der Waals surface area contributed by atoms with Crippen LogP contribution in [0.3, 0.4) is 0 Å². The van der Waals surface area contributed by atoms with Crippen LogP contribution in [0.25, 0.3) is 0 Å². The highest BCUT2D eigenvalue weighted by molar-refractivity contribution is 5.21. The number of fused-ring (bicyclic) bond motifs is 3. The van der Waals surface area contributed by atoms with Crippen LogP contribution in [0.2, 0.25) is 0 Å². The van der Waals surface area contributed by atoms with Gasteiger partial charge in [-0.2, -0.15) is 0 Å². The molecule has 0 radical (unpaired) electrons. The number of hydrogen-bond donors (Lipinski definition) is 2. The van der Waals surface area contributed by atoms with Crippen LogP contribution in [0.1, 0.15) is 58.3 Å². The Morgan fingerprint density at radius 3 is 2.89 bits per heavy atom. The highest BCUT2D eigenvalue weighted by Crippen LogP contribution is 2.59. The van der Waals surface area contributed by atoms with Crippen molar-refractivity contribution in [2.24, 2.45) is 28.9 Å². The number of hydrogen-bond acceptors (Lipinski definition) is 2. The SMILES string of the molecule is CC12CCCC1C1CCC/C(=C\C=C(/N)O)C1CC2. The maximum atomic E-state index is 9.16. The first-order chi connectivity index (χ1) is 9.10. The summed E-state index contributed by atoms with van der Waals surface area (Å²) in [5.41, 5.74) is 7.53. The summed E-state index contributed by atoms with van der Waals surface area (Å²) < 4.78 is 0. The maximum Gasteiger partial charge on any atom is 0.181 e. The van der Waals surface area contributed by atoms with E-state index in [2.05, 4.69) is 13.0 Å². The summed E-state index contributed by atoms with van der Waals surface area (Å²) in [6.45, 7) is 2.53. The molecule has 0 aromatic heterocycles. The second kappa shape index (κ2) is 4.88. The second-order valence-corrected chi connectivity index (χ2v) is 7.19. The van der Waals surface area contributed by atoms with Crippen LogP contribution in [0, 0.1) is 23.2 Å². The van der Waals surface area contributed by atoms with Crippen molar-refractivity contribution in [2.45, 2.75) is 58.3 Å². The second-order valence-electron chi connectivity index (χ2n) is 7.19. The highest BCUT2D eigenvalue weighted by atomic mass is 16.3. The number of aliphatic hydroxyl groups is 1. The Balaban J connectivity index is 1.83. The van der Waals surface area contributed by atoms with Crippen molar-refractivity contribution >= 4 is 0 Å². The molecular weight excluding hydrogens is 234 g/mol. The molecule has 0 amide bonds. The minimum atomic E-state index is -0.0591. The van der Waals surface area contributed by atoms with Crippen LogP contribution in [0.15, 0.2) is 23.6 Å². The van der Waals surface area contributed by atoms with Crippen molar-refractivity contribution in [1.29, 1.82) is 0 Å². The average Bonchev–Trinajstić information content (AvgIpc) is 2.78. The molecule has 0 aliphatic heterocycles. The summed E-state index contributed by atoms with van der Waals surface area (Å²) >= 11 is 0. The normalized spacial score (nSPS) is 45.0. The van der Waals surface area contributed by atoms with Crippen LogP contribution in [-0.4, -0.2) is 5.11 Å². The van der Waals surface area contributed by atoms with E-state index in [1.807, 2.05) is 0 Å². The molecule has 0 aromatic rings. The Labute approximate surface area is 116 Å². The third-order valence-electron chi connectivity index (χ3n) is 6.17. The molecule has 3 fully saturated rings. The van der Waals surface area contributed by atoms with E-state index >= 15 is 0 Å². The van der Waals surface area contributed by atoms with E-state index in [0.29, 0.717) is 5.41 Å². The van der Waals surface area contributed by atoms with Crippen molar-refractivity contribution in [2.75, 3.05) is 0 Å². The lowest BCUT2D eigenvalue weighted by Crippen LogP contribution is -2.40. The molecule has 3 aliphatic rings. The Morgan fingerprint density at radius 2 is 2.11 bits per heavy atom. The van der Waals surface area contributed by atoms with Gasteiger partial charge in [-0.3, -0.25) is 0 Å². The van der Waals surface area contributed by atoms with Gasteiger partial charge in [0.1, 0.15) is 0 Å². The van der Waals surface area contributed by atoms with Gasteiger partial charge in [0, 0.05) is 0 Å². The molecule has 0 aromatic carbocycles. The fraction of sp³-hybridized carbons (Fsp3) is 0.765. The van der Waals surface area contributed by atoms with Gasteiger partial charge < -0.3 is 10.8 Å². The molecule has 0 heterocycles. The summed E-state index contributed by atoms with van der Waals surface area (Å²) in [4.78, 5) is 0. The first kappa shape index (κ1) is 13.1. The maximum absolute atomic E-state index is 9.16. The summed E-state index contributed by atoms with van der Waals surface area (Å²) in [5.74, 6) is 2.55. The number of aliphatic hydroxyl groups excluding tert-OH is 1. The molecule has 19 heavy (non-hydrogen) atoms. The first-order valence-corrected chi connectivity index (χ1v) is 7.95. The summed E-state index contributed by atoms with van der Waals surface area (Å²) in [7, 11) is 0. The van der Waals surface area contributed by atoms with E-state index in [-0.39, 0.29) is 5.88 Å². The van der Waals surface area contributed by atoms with Crippen LogP contribution < -0.4 is 5.73 Å². The lowest BCUT2D eigenvalue weighted by atomic mass is 9.56. The summed E-state index contributed by atoms with van der Waals surface area (Å²) in [6, 6.07) is 0. The molecule has 0 spiro atoms. The standard InChI is InChI=1S/C17H27NO/c1-17-10-3-6-15(17)14-5-2-4-12(7-8-16(18)19)13(14)9-11-17/h7-8,13-15,19H,2-6,9-11,18H2,1H3/b12-7+,16-8+. The van der Waals surface area contributed by atoms with Crippen LogP contribution in [-0.2, 0) is 0 Å². The third-order valence-corrected chi connectivity index (χ3v) is 6.17. The third kappa shape index (κ3) is 2.30. The van der Waals surface area contributed by atoms with Crippen molar-refractivity contribution < 1.29 is 5.11 Å². The molecule has 4 atom stereocenters. The molecule has 4 unspecified atom stereocenters. The number of rotatable bonds is 1. The van der Waals surface area contributed by atoms with Crippen molar-refractivity contribution in [1.82, 2.24) is 0 Å². The monoisotopic (exact) mass is 261 g/mol. The van der Waals surface area contributed by atoms with Gasteiger partial charge in [0.2, 0.25) is 0 Å². The summed E-state index contributed by atoms with van der Waals surface area (Å²) in [5, 5.41) is 9.16. The van der Waals surface area contributed by atoms with Gasteiger partial charge in [0.15, 0.2) is 5.88 Å². The van der Waals surface area contributed by atoms with E-state index in [4.69, 9.17) is 10.8 Å². The molecule has 106 valence electrons. The molecule has 3 aliphatic carbocycles. The summed E-state index contributed by atoms with van der Waals surface area (Å²) in [6.07, 6.45) is 14.8. The van der Waals surface area contributed by atoms with Crippen LogP contribution in [0.5, 0.6) is 0 Å². The van der Waals surface area contributed by atoms with Gasteiger partial charge in [0.05, 0.1) is 0 Å². The first-order valence-electron chi connectivity index (χ1n) is 7.95. The Kier molecular flexibility index (Phi) is 3.36. The van der Waals surface area contributed by atoms with Crippen molar-refractivity contribution in [3.05, 3.63) is 23.6 Å². The fourth-order valence-electron chi connectivity index (χ4n) is 5.27. The zero-order valence-corrected chi connectivity index (χ0v) is 12.1. The zero-order valence-electron chi connectivity index (χ0n) is 12.1. The number of allylic oxidation sites excluding steroid dienone is 3. The molecule has 3 saturated carbocycles. The van der Waals surface area contributed by atoms with E-state index in [0.717, 1.165) is 17.8 Å². The molecular formula is C17H27NO. The largest absolute Gasteiger partial charge is 0.495 e. The molecule has 2 nitrogen and oxygen atoms in total. The molecule has 3 rings (SSSR count). The van der Waals surface area contributed by atoms with Gasteiger partial charge in [-0.15, -0.1) is 0 Å². The lowest BCUT2D eigenvalue weighted by Gasteiger charge is -2.49. The van der Waals surface area contributed by atoms with Gasteiger partial charge in [-0.05, 0) is 74.2 Å². The van der Waals surface area contributed by atoms with E-state index in [9.17, 15) is 0 Å². The average molecular weight is 261 g/mol. The van der Waals surface area contributed by atoms with E-state index in [1.165, 1.54) is 51.4 Å². The minimum Gasteiger partial charge on any atom is -0.495 e. The van der Waals surface area contributed by atoms with Crippen LogP contribution in [0.4, 0.5) is 0 Å². The van der Waals surface area contributed by atoms with E-state index in [1.54, 1.807) is 11.6 Å². The fourth-order valence-corrected chi connectivity index (χ4v) is 5.27. The number of nitrogens with two attached hydrogens (primary N) is 1. The Morgan fingerprint density at radius 1 is 1.26 bits per heavy atom. The van der Waals surface area contributed by atoms with Gasteiger partial charge >= 0.3 is 0 Å². The topological polar surface area (TPSA) is 46.2 Å². The van der Waals surface area contributed by atoms with Crippen molar-refractivity contribution in [3.8, 4) is 0 Å². The molecule has 0 bridgehead atoms. The predicted molar refractivity (Wildman–Crippen MR) is 78.5 cm³/mol. The Hall–Kier alpha value is -0.920. The highest BCUT2D eigenvalue weighted by Gasteiger charge is 2.49. The van der Waals surface area contributed by atoms with Crippen molar-refractivity contribution in [3.63, 3.8) is 0 Å². The molecule has 3 N–H and O–H groups in total. The minimum absolute atomic E-state index is 0.0591. The molecule has 0 saturated heterocycles.